The molecule has 0 radical (unpaired) electrons. The average Bonchev–Trinajstić information content (AvgIpc) is 3.29. The van der Waals surface area contributed by atoms with E-state index in [1.807, 2.05) is 31.2 Å². The number of benzene rings is 1. The van der Waals surface area contributed by atoms with E-state index in [4.69, 9.17) is 9.72 Å². The second-order valence-electron chi connectivity index (χ2n) is 12.0. The van der Waals surface area contributed by atoms with E-state index in [0.29, 0.717) is 35.0 Å². The number of nitrogens with zero attached hydrogens (tertiary/aromatic N) is 3. The number of aromatic nitrogens is 1. The first-order chi connectivity index (χ1) is 19.1. The van der Waals surface area contributed by atoms with E-state index >= 15 is 0 Å². The van der Waals surface area contributed by atoms with Crippen molar-refractivity contribution in [1.29, 1.82) is 5.26 Å². The van der Waals surface area contributed by atoms with E-state index in [9.17, 15) is 14.9 Å². The first-order valence-corrected chi connectivity index (χ1v) is 15.2. The summed E-state index contributed by atoms with van der Waals surface area (Å²) in [6.45, 7) is 13.1. The quantitative estimate of drug-likeness (QED) is 0.358. The van der Waals surface area contributed by atoms with Crippen LogP contribution in [0, 0.1) is 22.7 Å². The number of anilines is 1. The molecule has 0 saturated heterocycles. The van der Waals surface area contributed by atoms with Gasteiger partial charge in [-0.3, -0.25) is 14.7 Å². The zero-order valence-electron chi connectivity index (χ0n) is 24.1. The molecule has 5 rings (SSSR count). The summed E-state index contributed by atoms with van der Waals surface area (Å²) in [6, 6.07) is 9.94. The van der Waals surface area contributed by atoms with E-state index < -0.39 is 18.0 Å². The molecule has 1 aliphatic carbocycles. The minimum absolute atomic E-state index is 0.184. The third kappa shape index (κ3) is 5.37. The summed E-state index contributed by atoms with van der Waals surface area (Å²) in [4.78, 5) is 35.5. The van der Waals surface area contributed by atoms with Crippen LogP contribution in [0.2, 0.25) is 0 Å². The monoisotopic (exact) mass is 558 g/mol. The van der Waals surface area contributed by atoms with E-state index in [1.54, 1.807) is 0 Å². The Morgan fingerprint density at radius 3 is 2.70 bits per heavy atom. The Morgan fingerprint density at radius 1 is 1.23 bits per heavy atom. The summed E-state index contributed by atoms with van der Waals surface area (Å²) >= 11 is 1.49. The van der Waals surface area contributed by atoms with Crippen LogP contribution in [0.15, 0.2) is 24.3 Å². The number of hydrogen-bond donors (Lipinski definition) is 1. The maximum atomic E-state index is 13.8. The van der Waals surface area contributed by atoms with Crippen LogP contribution in [0.4, 0.5) is 5.00 Å². The Balaban J connectivity index is 1.40. The Morgan fingerprint density at radius 2 is 2.00 bits per heavy atom. The Labute approximate surface area is 240 Å². The highest BCUT2D eigenvalue weighted by Gasteiger charge is 2.34. The van der Waals surface area contributed by atoms with Gasteiger partial charge in [0.05, 0.1) is 16.6 Å². The highest BCUT2D eigenvalue weighted by Crippen LogP contribution is 2.44. The lowest BCUT2D eigenvalue weighted by molar-refractivity contribution is -0.124. The molecule has 0 spiro atoms. The summed E-state index contributed by atoms with van der Waals surface area (Å²) in [7, 11) is 0. The summed E-state index contributed by atoms with van der Waals surface area (Å²) in [6.07, 6.45) is 2.90. The predicted octanol–water partition coefficient (Wildman–Crippen LogP) is 6.27. The molecular weight excluding hydrogens is 520 g/mol. The van der Waals surface area contributed by atoms with Crippen LogP contribution in [0.5, 0.6) is 0 Å². The number of carbonyl (C=O) groups excluding carboxylic acids is 2. The zero-order valence-corrected chi connectivity index (χ0v) is 24.9. The van der Waals surface area contributed by atoms with Crippen molar-refractivity contribution in [3.05, 3.63) is 57.1 Å². The third-order valence-electron chi connectivity index (χ3n) is 8.53. The van der Waals surface area contributed by atoms with Gasteiger partial charge in [0.15, 0.2) is 6.10 Å². The molecule has 210 valence electrons. The normalized spacial score (nSPS) is 17.9. The van der Waals surface area contributed by atoms with Gasteiger partial charge in [-0.15, -0.1) is 11.3 Å². The van der Waals surface area contributed by atoms with Gasteiger partial charge < -0.3 is 10.1 Å². The molecule has 7 nitrogen and oxygen atoms in total. The summed E-state index contributed by atoms with van der Waals surface area (Å²) in [5.41, 5.74) is 4.86. The summed E-state index contributed by atoms with van der Waals surface area (Å²) in [5.74, 6) is -0.377. The minimum Gasteiger partial charge on any atom is -0.449 e. The van der Waals surface area contributed by atoms with Gasteiger partial charge in [0, 0.05) is 41.0 Å². The van der Waals surface area contributed by atoms with Crippen LogP contribution in [0.25, 0.3) is 10.9 Å². The molecule has 2 aliphatic rings. The highest BCUT2D eigenvalue weighted by atomic mass is 32.1. The molecule has 3 heterocycles. The van der Waals surface area contributed by atoms with E-state index in [2.05, 4.69) is 44.0 Å². The van der Waals surface area contributed by atoms with Crippen LogP contribution in [0.1, 0.15) is 85.1 Å². The van der Waals surface area contributed by atoms with Crippen LogP contribution >= 0.6 is 11.3 Å². The molecule has 3 aromatic rings. The van der Waals surface area contributed by atoms with E-state index in [0.717, 1.165) is 66.5 Å². The average molecular weight is 559 g/mol. The fraction of sp³-hybridized carbons (Fsp3) is 0.500. The number of pyridine rings is 1. The smallest absolute Gasteiger partial charge is 0.340 e. The van der Waals surface area contributed by atoms with Gasteiger partial charge in [-0.1, -0.05) is 52.8 Å². The molecule has 1 aliphatic heterocycles. The maximum absolute atomic E-state index is 13.8. The number of ether oxygens (including phenoxy) is 1. The first kappa shape index (κ1) is 28.3. The number of likely N-dealkylation sites (N-methyl/N-ethyl adjacent to an activating group) is 1. The maximum Gasteiger partial charge on any atom is 0.340 e. The van der Waals surface area contributed by atoms with Crippen molar-refractivity contribution in [3.8, 4) is 6.07 Å². The van der Waals surface area contributed by atoms with Gasteiger partial charge >= 0.3 is 5.97 Å². The lowest BCUT2D eigenvalue weighted by atomic mass is 9.72. The van der Waals surface area contributed by atoms with Crippen molar-refractivity contribution in [3.63, 3.8) is 0 Å². The number of nitrogens with one attached hydrogen (secondary N) is 1. The van der Waals surface area contributed by atoms with E-state index in [1.165, 1.54) is 16.2 Å². The molecule has 0 bridgehead atoms. The number of para-hydroxylation sites is 1. The Hall–Kier alpha value is -3.28. The van der Waals surface area contributed by atoms with Crippen molar-refractivity contribution in [2.24, 2.45) is 11.3 Å². The number of nitriles is 1. The number of fused-ring (bicyclic) bond motifs is 3. The molecule has 0 saturated carbocycles. The number of hydrogen-bond acceptors (Lipinski definition) is 7. The van der Waals surface area contributed by atoms with Crippen LogP contribution in [0.3, 0.4) is 0 Å². The number of carbonyl (C=O) groups is 2. The lowest BCUT2D eigenvalue weighted by Gasteiger charge is -2.33. The largest absolute Gasteiger partial charge is 0.449 e. The number of thiophene rings is 1. The van der Waals surface area contributed by atoms with Crippen molar-refractivity contribution in [1.82, 2.24) is 9.88 Å². The summed E-state index contributed by atoms with van der Waals surface area (Å²) < 4.78 is 5.92. The number of rotatable bonds is 6. The second-order valence-corrected chi connectivity index (χ2v) is 13.1. The van der Waals surface area contributed by atoms with Crippen molar-refractivity contribution < 1.29 is 14.3 Å². The van der Waals surface area contributed by atoms with Crippen LogP contribution in [-0.4, -0.2) is 41.0 Å². The van der Waals surface area contributed by atoms with Gasteiger partial charge in [0.25, 0.3) is 5.91 Å². The molecule has 1 aromatic carbocycles. The van der Waals surface area contributed by atoms with Gasteiger partial charge in [-0.2, -0.15) is 5.26 Å². The van der Waals surface area contributed by atoms with Gasteiger partial charge in [0.2, 0.25) is 0 Å². The molecule has 2 aromatic heterocycles. The number of amides is 1. The first-order valence-electron chi connectivity index (χ1n) is 14.3. The molecule has 40 heavy (non-hydrogen) atoms. The molecule has 8 heteroatoms. The molecule has 1 amide bonds. The topological polar surface area (TPSA) is 95.3 Å². The van der Waals surface area contributed by atoms with Crippen molar-refractivity contribution >= 4 is 39.1 Å². The van der Waals surface area contributed by atoms with E-state index in [-0.39, 0.29) is 5.41 Å². The SMILES string of the molecule is CCC(OC(=O)c1c2c(nc3ccccc13)CCN(CC)C2)C(=O)Nc1sc2c(c1C#N)CCC(C(C)(C)C)C2. The minimum atomic E-state index is -0.978. The van der Waals surface area contributed by atoms with Gasteiger partial charge in [-0.05, 0) is 55.2 Å². The van der Waals surface area contributed by atoms with Crippen LogP contribution < -0.4 is 5.32 Å². The molecule has 0 fully saturated rings. The highest BCUT2D eigenvalue weighted by molar-refractivity contribution is 7.16. The molecular formula is C32H38N4O3S. The third-order valence-corrected chi connectivity index (χ3v) is 9.70. The molecule has 2 atom stereocenters. The molecule has 2 unspecified atom stereocenters. The Bertz CT molecular complexity index is 1500. The second kappa shape index (κ2) is 11.3. The fourth-order valence-electron chi connectivity index (χ4n) is 5.98. The molecule has 1 N–H and O–H groups in total. The standard InChI is InChI=1S/C32H38N4O3S/c1-6-26(29(37)35-30-22(17-33)20-13-12-19(32(3,4)5)16-27(20)40-30)39-31(38)28-21-10-8-9-11-24(21)34-25-14-15-36(7-2)18-23(25)28/h8-11,19,26H,6-7,12-16,18H2,1-5H3,(H,35,37). The lowest BCUT2D eigenvalue weighted by Crippen LogP contribution is -2.35. The van der Waals surface area contributed by atoms with Gasteiger partial charge in [0.1, 0.15) is 11.1 Å². The van der Waals surface area contributed by atoms with Crippen molar-refractivity contribution in [2.75, 3.05) is 18.4 Å². The van der Waals surface area contributed by atoms with Crippen molar-refractivity contribution in [2.45, 2.75) is 79.4 Å². The van der Waals surface area contributed by atoms with Crippen LogP contribution in [-0.2, 0) is 35.3 Å². The van der Waals surface area contributed by atoms with Gasteiger partial charge in [-0.25, -0.2) is 4.79 Å². The Kier molecular flexibility index (Phi) is 7.98. The fourth-order valence-corrected chi connectivity index (χ4v) is 7.26. The predicted molar refractivity (Wildman–Crippen MR) is 159 cm³/mol. The zero-order chi connectivity index (χ0) is 28.6. The number of esters is 1. The summed E-state index contributed by atoms with van der Waals surface area (Å²) in [5, 5.41) is 14.2.